The van der Waals surface area contributed by atoms with E-state index in [2.05, 4.69) is 15.2 Å². The van der Waals surface area contributed by atoms with Gasteiger partial charge in [-0.3, -0.25) is 0 Å². The molecular formula is C22H28F4N2O3P+. The van der Waals surface area contributed by atoms with Crippen LogP contribution >= 0.6 is 8.25 Å². The molecule has 0 bridgehead atoms. The number of hydrogen-bond acceptors (Lipinski definition) is 4. The zero-order valence-electron chi connectivity index (χ0n) is 17.6. The summed E-state index contributed by atoms with van der Waals surface area (Å²) < 4.78 is 68.3. The van der Waals surface area contributed by atoms with E-state index >= 15 is 0 Å². The first-order chi connectivity index (χ1) is 15.3. The van der Waals surface area contributed by atoms with E-state index in [4.69, 9.17) is 4.89 Å². The highest BCUT2D eigenvalue weighted by molar-refractivity contribution is 7.32. The first kappa shape index (κ1) is 26.2. The zero-order chi connectivity index (χ0) is 23.4. The highest BCUT2D eigenvalue weighted by atomic mass is 31.1. The number of benzene rings is 2. The standard InChI is InChI=1S/C22H27F4N2O3P/c23-19-9-6-17(7-10-19)5-2-1-3-13-28-21-11-8-18(15-20(21)22(24,25)26)16-27-12-4-14-31-32(29)30/h6-11,15,27-28H,1-5,12-14,16H2/p+1. The molecule has 2 aromatic carbocycles. The zero-order valence-corrected chi connectivity index (χ0v) is 18.5. The fourth-order valence-corrected chi connectivity index (χ4v) is 3.45. The smallest absolute Gasteiger partial charge is 0.385 e. The van der Waals surface area contributed by atoms with Crippen LogP contribution in [0.25, 0.3) is 0 Å². The molecule has 0 aromatic heterocycles. The van der Waals surface area contributed by atoms with Gasteiger partial charge in [-0.25, -0.2) is 4.39 Å². The van der Waals surface area contributed by atoms with E-state index in [9.17, 15) is 22.1 Å². The molecule has 176 valence electrons. The number of alkyl halides is 3. The first-order valence-electron chi connectivity index (χ1n) is 10.4. The topological polar surface area (TPSA) is 70.6 Å². The quantitative estimate of drug-likeness (QED) is 0.183. The predicted molar refractivity (Wildman–Crippen MR) is 116 cm³/mol. The Morgan fingerprint density at radius 2 is 1.66 bits per heavy atom. The summed E-state index contributed by atoms with van der Waals surface area (Å²) in [6, 6.07) is 10.5. The summed E-state index contributed by atoms with van der Waals surface area (Å²) in [4.78, 5) is 8.52. The van der Waals surface area contributed by atoms with E-state index in [-0.39, 0.29) is 24.7 Å². The molecule has 0 saturated heterocycles. The molecule has 10 heteroatoms. The molecule has 0 aliphatic carbocycles. The highest BCUT2D eigenvalue weighted by Crippen LogP contribution is 2.35. The Bertz CT molecular complexity index is 848. The fraction of sp³-hybridized carbons (Fsp3) is 0.455. The number of nitrogens with one attached hydrogen (secondary N) is 2. The second kappa shape index (κ2) is 13.5. The van der Waals surface area contributed by atoms with Crippen molar-refractivity contribution < 1.29 is 31.5 Å². The number of anilines is 1. The molecule has 0 heterocycles. The third-order valence-corrected chi connectivity index (χ3v) is 5.19. The molecule has 0 saturated carbocycles. The molecule has 32 heavy (non-hydrogen) atoms. The second-order valence-corrected chi connectivity index (χ2v) is 8.08. The van der Waals surface area contributed by atoms with Crippen LogP contribution in [-0.4, -0.2) is 24.6 Å². The van der Waals surface area contributed by atoms with Gasteiger partial charge >= 0.3 is 14.4 Å². The van der Waals surface area contributed by atoms with Gasteiger partial charge in [-0.2, -0.15) is 13.2 Å². The minimum atomic E-state index is -4.47. The van der Waals surface area contributed by atoms with Gasteiger partial charge in [-0.1, -0.05) is 24.6 Å². The number of unbranched alkanes of at least 4 members (excludes halogenated alkanes) is 2. The summed E-state index contributed by atoms with van der Waals surface area (Å²) in [7, 11) is -2.63. The van der Waals surface area contributed by atoms with Gasteiger partial charge < -0.3 is 10.6 Å². The maximum Gasteiger partial charge on any atom is 0.694 e. The largest absolute Gasteiger partial charge is 0.694 e. The van der Waals surface area contributed by atoms with Crippen LogP contribution in [0.2, 0.25) is 0 Å². The molecule has 0 aliphatic rings. The Balaban J connectivity index is 1.76. The Kier molecular flexibility index (Phi) is 11.0. The summed E-state index contributed by atoms with van der Waals surface area (Å²) in [6.07, 6.45) is -0.745. The van der Waals surface area contributed by atoms with E-state index < -0.39 is 20.0 Å². The molecule has 0 fully saturated rings. The first-order valence-corrected chi connectivity index (χ1v) is 11.6. The highest BCUT2D eigenvalue weighted by Gasteiger charge is 2.33. The lowest BCUT2D eigenvalue weighted by Gasteiger charge is -2.16. The molecule has 1 unspecified atom stereocenters. The van der Waals surface area contributed by atoms with E-state index in [1.54, 1.807) is 18.2 Å². The minimum absolute atomic E-state index is 0.0555. The Hall–Kier alpha value is -2.06. The number of aryl methyl sites for hydroxylation is 1. The molecule has 0 radical (unpaired) electrons. The van der Waals surface area contributed by atoms with Gasteiger partial charge in [0.15, 0.2) is 0 Å². The summed E-state index contributed by atoms with van der Waals surface area (Å²) in [5, 5.41) is 5.88. The summed E-state index contributed by atoms with van der Waals surface area (Å²) in [5.74, 6) is -0.271. The lowest BCUT2D eigenvalue weighted by Crippen LogP contribution is -2.17. The maximum atomic E-state index is 13.5. The van der Waals surface area contributed by atoms with Crippen LogP contribution in [-0.2, 0) is 28.2 Å². The van der Waals surface area contributed by atoms with Crippen molar-refractivity contribution in [2.75, 3.05) is 25.0 Å². The van der Waals surface area contributed by atoms with Gasteiger partial charge in [-0.15, -0.1) is 9.42 Å². The summed E-state index contributed by atoms with van der Waals surface area (Å²) >= 11 is 0. The van der Waals surface area contributed by atoms with Crippen molar-refractivity contribution in [3.8, 4) is 0 Å². The molecule has 1 atom stereocenters. The number of halogens is 4. The monoisotopic (exact) mass is 475 g/mol. The van der Waals surface area contributed by atoms with Crippen molar-refractivity contribution in [2.45, 2.75) is 44.8 Å². The van der Waals surface area contributed by atoms with Crippen molar-refractivity contribution >= 4 is 13.9 Å². The minimum Gasteiger partial charge on any atom is -0.385 e. The van der Waals surface area contributed by atoms with Crippen LogP contribution in [0.15, 0.2) is 42.5 Å². The Morgan fingerprint density at radius 1 is 0.938 bits per heavy atom. The molecule has 2 rings (SSSR count). The number of rotatable bonds is 14. The summed E-state index contributed by atoms with van der Waals surface area (Å²) in [6.45, 7) is 1.22. The Morgan fingerprint density at radius 3 is 2.34 bits per heavy atom. The molecule has 0 amide bonds. The van der Waals surface area contributed by atoms with Gasteiger partial charge in [0.05, 0.1) is 5.56 Å². The van der Waals surface area contributed by atoms with Crippen LogP contribution in [0.1, 0.15) is 42.4 Å². The SMILES string of the molecule is O=[P+](O)OCCCNCc1ccc(NCCCCCc2ccc(F)cc2)c(C(F)(F)F)c1. The lowest BCUT2D eigenvalue weighted by atomic mass is 10.1. The average Bonchev–Trinajstić information content (AvgIpc) is 2.74. The van der Waals surface area contributed by atoms with Crippen LogP contribution in [0.5, 0.6) is 0 Å². The van der Waals surface area contributed by atoms with Crippen molar-refractivity contribution in [1.29, 1.82) is 0 Å². The van der Waals surface area contributed by atoms with Crippen molar-refractivity contribution in [3.63, 3.8) is 0 Å². The third-order valence-electron chi connectivity index (χ3n) is 4.79. The fourth-order valence-electron chi connectivity index (χ4n) is 3.17. The van der Waals surface area contributed by atoms with Crippen LogP contribution in [0.4, 0.5) is 23.2 Å². The summed E-state index contributed by atoms with van der Waals surface area (Å²) in [5.41, 5.74) is 0.888. The van der Waals surface area contributed by atoms with Gasteiger partial charge in [0, 0.05) is 23.3 Å². The molecule has 2 aromatic rings. The maximum absolute atomic E-state index is 13.5. The van der Waals surface area contributed by atoms with Crippen LogP contribution < -0.4 is 10.6 Å². The van der Waals surface area contributed by atoms with Crippen LogP contribution in [0, 0.1) is 5.82 Å². The second-order valence-electron chi connectivity index (χ2n) is 7.34. The van der Waals surface area contributed by atoms with Gasteiger partial charge in [0.2, 0.25) is 0 Å². The third kappa shape index (κ3) is 10.0. The van der Waals surface area contributed by atoms with Crippen molar-refractivity contribution in [3.05, 3.63) is 65.0 Å². The van der Waals surface area contributed by atoms with Gasteiger partial charge in [0.25, 0.3) is 0 Å². The van der Waals surface area contributed by atoms with E-state index in [0.29, 0.717) is 25.1 Å². The van der Waals surface area contributed by atoms with Crippen molar-refractivity contribution in [1.82, 2.24) is 5.32 Å². The van der Waals surface area contributed by atoms with Gasteiger partial charge in [-0.05, 0) is 67.6 Å². The molecule has 0 aliphatic heterocycles. The van der Waals surface area contributed by atoms with E-state index in [1.165, 1.54) is 18.2 Å². The molecule has 0 spiro atoms. The Labute approximate surface area is 186 Å². The van der Waals surface area contributed by atoms with Crippen LogP contribution in [0.3, 0.4) is 0 Å². The molecular weight excluding hydrogens is 447 g/mol. The molecule has 5 nitrogen and oxygen atoms in total. The number of hydrogen-bond donors (Lipinski definition) is 3. The lowest BCUT2D eigenvalue weighted by molar-refractivity contribution is -0.137. The normalized spacial score (nSPS) is 12.1. The predicted octanol–water partition coefficient (Wildman–Crippen LogP) is 5.82. The van der Waals surface area contributed by atoms with Gasteiger partial charge in [0.1, 0.15) is 12.4 Å². The van der Waals surface area contributed by atoms with E-state index in [0.717, 1.165) is 37.3 Å². The van der Waals surface area contributed by atoms with E-state index in [1.807, 2.05) is 0 Å². The average molecular weight is 475 g/mol. The van der Waals surface area contributed by atoms with Crippen molar-refractivity contribution in [2.24, 2.45) is 0 Å². The molecule has 3 N–H and O–H groups in total.